The monoisotopic (exact) mass is 195 g/mol. The Morgan fingerprint density at radius 1 is 1.29 bits per heavy atom. The largest absolute Gasteiger partial charge is 0.298 e. The topological polar surface area (TPSA) is 20.3 Å². The first-order valence-corrected chi connectivity index (χ1v) is 6.08. The van der Waals surface area contributed by atoms with Crippen molar-refractivity contribution in [2.45, 2.75) is 44.9 Å². The molecule has 1 saturated heterocycles. The van der Waals surface area contributed by atoms with E-state index in [1.165, 1.54) is 38.5 Å². The molecule has 0 spiro atoms. The van der Waals surface area contributed by atoms with Gasteiger partial charge in [-0.15, -0.1) is 0 Å². The van der Waals surface area contributed by atoms with Gasteiger partial charge in [0.15, 0.2) is 0 Å². The Morgan fingerprint density at radius 2 is 2.07 bits per heavy atom. The number of nitrogens with zero attached hydrogens (tertiary/aromatic N) is 1. The highest BCUT2D eigenvalue weighted by Crippen LogP contribution is 2.28. The Kier molecular flexibility index (Phi) is 3.57. The molecule has 2 aliphatic rings. The molecule has 0 aromatic carbocycles. The van der Waals surface area contributed by atoms with E-state index < -0.39 is 0 Å². The van der Waals surface area contributed by atoms with E-state index in [9.17, 15) is 4.79 Å². The first-order chi connectivity index (χ1) is 6.84. The molecule has 2 rings (SSSR count). The quantitative estimate of drug-likeness (QED) is 0.685. The van der Waals surface area contributed by atoms with E-state index in [0.29, 0.717) is 5.78 Å². The number of likely N-dealkylation sites (tertiary alicyclic amines) is 1. The van der Waals surface area contributed by atoms with E-state index in [-0.39, 0.29) is 0 Å². The fraction of sp³-hybridized carbons (Fsp3) is 0.917. The maximum absolute atomic E-state index is 11.0. The fourth-order valence-corrected chi connectivity index (χ4v) is 2.78. The lowest BCUT2D eigenvalue weighted by molar-refractivity contribution is -0.116. The summed E-state index contributed by atoms with van der Waals surface area (Å²) in [7, 11) is 0. The second-order valence-corrected chi connectivity index (χ2v) is 4.86. The SMILES string of the molecule is O=C1CCN(CCCC2CCCC2)C1. The van der Waals surface area contributed by atoms with Crippen molar-refractivity contribution in [2.24, 2.45) is 5.92 Å². The smallest absolute Gasteiger partial charge is 0.148 e. The van der Waals surface area contributed by atoms with Gasteiger partial charge in [0.1, 0.15) is 5.78 Å². The van der Waals surface area contributed by atoms with E-state index >= 15 is 0 Å². The summed E-state index contributed by atoms with van der Waals surface area (Å²) < 4.78 is 0. The summed E-state index contributed by atoms with van der Waals surface area (Å²) in [6.07, 6.45) is 9.31. The molecule has 1 aliphatic carbocycles. The Hall–Kier alpha value is -0.370. The van der Waals surface area contributed by atoms with Gasteiger partial charge in [-0.1, -0.05) is 25.7 Å². The Balaban J connectivity index is 1.56. The third kappa shape index (κ3) is 2.81. The van der Waals surface area contributed by atoms with Crippen molar-refractivity contribution in [1.82, 2.24) is 4.90 Å². The number of Topliss-reactive ketones (excluding diaryl/α,β-unsaturated/α-hetero) is 1. The molecule has 0 atom stereocenters. The van der Waals surface area contributed by atoms with Gasteiger partial charge >= 0.3 is 0 Å². The molecule has 0 unspecified atom stereocenters. The molecule has 2 fully saturated rings. The summed E-state index contributed by atoms with van der Waals surface area (Å²) in [6, 6.07) is 0. The van der Waals surface area contributed by atoms with Gasteiger partial charge in [0.05, 0.1) is 6.54 Å². The Morgan fingerprint density at radius 3 is 2.71 bits per heavy atom. The molecule has 0 aromatic heterocycles. The van der Waals surface area contributed by atoms with Gasteiger partial charge in [-0.2, -0.15) is 0 Å². The van der Waals surface area contributed by atoms with Crippen LogP contribution in [0.4, 0.5) is 0 Å². The van der Waals surface area contributed by atoms with Crippen molar-refractivity contribution in [2.75, 3.05) is 19.6 Å². The number of hydrogen-bond acceptors (Lipinski definition) is 2. The van der Waals surface area contributed by atoms with Crippen molar-refractivity contribution < 1.29 is 4.79 Å². The molecule has 1 saturated carbocycles. The third-order valence-corrected chi connectivity index (χ3v) is 3.67. The van der Waals surface area contributed by atoms with Crippen LogP contribution >= 0.6 is 0 Å². The predicted octanol–water partition coefficient (Wildman–Crippen LogP) is 2.23. The number of carbonyl (C=O) groups is 1. The van der Waals surface area contributed by atoms with Gasteiger partial charge in [-0.05, 0) is 25.3 Å². The van der Waals surface area contributed by atoms with Crippen LogP contribution in [0, 0.1) is 5.92 Å². The molecule has 0 amide bonds. The van der Waals surface area contributed by atoms with Crippen LogP contribution < -0.4 is 0 Å². The molecule has 1 heterocycles. The first-order valence-electron chi connectivity index (χ1n) is 6.08. The van der Waals surface area contributed by atoms with Gasteiger partial charge in [-0.3, -0.25) is 9.69 Å². The molecule has 2 heteroatoms. The second kappa shape index (κ2) is 4.92. The summed E-state index contributed by atoms with van der Waals surface area (Å²) in [6.45, 7) is 2.90. The molecule has 0 aromatic rings. The second-order valence-electron chi connectivity index (χ2n) is 4.86. The predicted molar refractivity (Wildman–Crippen MR) is 57.3 cm³/mol. The van der Waals surface area contributed by atoms with E-state index in [1.54, 1.807) is 0 Å². The maximum Gasteiger partial charge on any atom is 0.148 e. The molecule has 0 radical (unpaired) electrons. The molecule has 80 valence electrons. The average molecular weight is 195 g/mol. The van der Waals surface area contributed by atoms with Gasteiger partial charge in [0.25, 0.3) is 0 Å². The van der Waals surface area contributed by atoms with Crippen LogP contribution in [0.1, 0.15) is 44.9 Å². The highest BCUT2D eigenvalue weighted by atomic mass is 16.1. The zero-order valence-corrected chi connectivity index (χ0v) is 9.00. The van der Waals surface area contributed by atoms with Gasteiger partial charge < -0.3 is 0 Å². The standard InChI is InChI=1S/C12H21NO/c14-12-7-9-13(10-12)8-3-6-11-4-1-2-5-11/h11H,1-10H2. The van der Waals surface area contributed by atoms with Crippen LogP contribution in [0.15, 0.2) is 0 Å². The van der Waals surface area contributed by atoms with E-state index in [1.807, 2.05) is 0 Å². The van der Waals surface area contributed by atoms with Gasteiger partial charge in [-0.25, -0.2) is 0 Å². The van der Waals surface area contributed by atoms with Crippen LogP contribution in [-0.4, -0.2) is 30.3 Å². The minimum absolute atomic E-state index is 0.436. The lowest BCUT2D eigenvalue weighted by Gasteiger charge is -2.15. The van der Waals surface area contributed by atoms with Crippen LogP contribution in [0.25, 0.3) is 0 Å². The molecular formula is C12H21NO. The van der Waals surface area contributed by atoms with Crippen molar-refractivity contribution in [1.29, 1.82) is 0 Å². The van der Waals surface area contributed by atoms with E-state index in [0.717, 1.165) is 32.0 Å². The summed E-state index contributed by atoms with van der Waals surface area (Å²) in [5.74, 6) is 1.44. The fourth-order valence-electron chi connectivity index (χ4n) is 2.78. The van der Waals surface area contributed by atoms with Crippen molar-refractivity contribution >= 4 is 5.78 Å². The highest BCUT2D eigenvalue weighted by molar-refractivity contribution is 5.82. The van der Waals surface area contributed by atoms with Crippen LogP contribution in [0.2, 0.25) is 0 Å². The number of ketones is 1. The average Bonchev–Trinajstić information content (AvgIpc) is 2.77. The van der Waals surface area contributed by atoms with E-state index in [4.69, 9.17) is 0 Å². The summed E-state index contributed by atoms with van der Waals surface area (Å²) in [5, 5.41) is 0. The molecular weight excluding hydrogens is 174 g/mol. The van der Waals surface area contributed by atoms with Gasteiger partial charge in [0.2, 0.25) is 0 Å². The molecule has 2 nitrogen and oxygen atoms in total. The molecule has 0 bridgehead atoms. The minimum atomic E-state index is 0.436. The lowest BCUT2D eigenvalue weighted by Crippen LogP contribution is -2.22. The number of hydrogen-bond donors (Lipinski definition) is 0. The highest BCUT2D eigenvalue weighted by Gasteiger charge is 2.19. The van der Waals surface area contributed by atoms with Gasteiger partial charge in [0, 0.05) is 13.0 Å². The van der Waals surface area contributed by atoms with Crippen molar-refractivity contribution in [3.05, 3.63) is 0 Å². The first kappa shape index (κ1) is 10.2. The summed E-state index contributed by atoms with van der Waals surface area (Å²) in [4.78, 5) is 13.3. The zero-order chi connectivity index (χ0) is 9.80. The van der Waals surface area contributed by atoms with E-state index in [2.05, 4.69) is 4.90 Å². The Labute approximate surface area is 86.7 Å². The maximum atomic E-state index is 11.0. The normalized spacial score (nSPS) is 25.0. The lowest BCUT2D eigenvalue weighted by atomic mass is 10.0. The van der Waals surface area contributed by atoms with Crippen LogP contribution in [-0.2, 0) is 4.79 Å². The van der Waals surface area contributed by atoms with Crippen molar-refractivity contribution in [3.8, 4) is 0 Å². The zero-order valence-electron chi connectivity index (χ0n) is 9.00. The molecule has 1 aliphatic heterocycles. The molecule has 0 N–H and O–H groups in total. The number of carbonyl (C=O) groups excluding carboxylic acids is 1. The number of rotatable bonds is 4. The van der Waals surface area contributed by atoms with Crippen LogP contribution in [0.5, 0.6) is 0 Å². The van der Waals surface area contributed by atoms with Crippen LogP contribution in [0.3, 0.4) is 0 Å². The third-order valence-electron chi connectivity index (χ3n) is 3.67. The molecule has 14 heavy (non-hydrogen) atoms. The minimum Gasteiger partial charge on any atom is -0.298 e. The summed E-state index contributed by atoms with van der Waals surface area (Å²) >= 11 is 0. The summed E-state index contributed by atoms with van der Waals surface area (Å²) in [5.41, 5.74) is 0. The Bertz CT molecular complexity index is 196. The van der Waals surface area contributed by atoms with Crippen molar-refractivity contribution in [3.63, 3.8) is 0 Å².